The van der Waals surface area contributed by atoms with Crippen molar-refractivity contribution in [3.8, 4) is 0 Å². The largest absolute Gasteiger partial charge is 0.357 e. The summed E-state index contributed by atoms with van der Waals surface area (Å²) in [6, 6.07) is 5.82. The van der Waals surface area contributed by atoms with Crippen LogP contribution in [0.25, 0.3) is 0 Å². The van der Waals surface area contributed by atoms with Gasteiger partial charge in [-0.25, -0.2) is 0 Å². The lowest BCUT2D eigenvalue weighted by Crippen LogP contribution is -2.10. The Morgan fingerprint density at radius 3 is 2.72 bits per heavy atom. The van der Waals surface area contributed by atoms with Crippen molar-refractivity contribution in [1.29, 1.82) is 0 Å². The van der Waals surface area contributed by atoms with E-state index >= 15 is 0 Å². The maximum atomic E-state index is 5.77. The molecule has 0 atom stereocenters. The minimum Gasteiger partial charge on any atom is -0.357 e. The van der Waals surface area contributed by atoms with E-state index in [4.69, 9.17) is 11.6 Å². The number of aromatic nitrogens is 4. The van der Waals surface area contributed by atoms with Crippen molar-refractivity contribution in [2.75, 3.05) is 24.2 Å². The van der Waals surface area contributed by atoms with Gasteiger partial charge in [0.05, 0.1) is 0 Å². The molecule has 0 unspecified atom stereocenters. The molecule has 2 N–H and O–H groups in total. The zero-order valence-electron chi connectivity index (χ0n) is 9.89. The van der Waals surface area contributed by atoms with Crippen molar-refractivity contribution < 1.29 is 0 Å². The fourth-order valence-corrected chi connectivity index (χ4v) is 1.55. The lowest BCUT2D eigenvalue weighted by Gasteiger charge is -2.06. The zero-order chi connectivity index (χ0) is 12.8. The van der Waals surface area contributed by atoms with E-state index in [9.17, 15) is 0 Å². The molecule has 0 radical (unpaired) electrons. The van der Waals surface area contributed by atoms with Crippen LogP contribution in [0, 0.1) is 0 Å². The van der Waals surface area contributed by atoms with Gasteiger partial charge >= 0.3 is 0 Å². The van der Waals surface area contributed by atoms with Gasteiger partial charge in [0.1, 0.15) is 0 Å². The van der Waals surface area contributed by atoms with E-state index in [0.717, 1.165) is 12.1 Å². The highest BCUT2D eigenvalue weighted by atomic mass is 35.5. The van der Waals surface area contributed by atoms with Gasteiger partial charge in [-0.15, -0.1) is 0 Å². The molecule has 0 fully saturated rings. The second kappa shape index (κ2) is 6.11. The zero-order valence-corrected chi connectivity index (χ0v) is 10.6. The SMILES string of the molecule is CNc1nc(Cl)nc(NCCc2ccccn2)n1. The number of anilines is 2. The third-order valence-corrected chi connectivity index (χ3v) is 2.39. The number of rotatable bonds is 5. The maximum Gasteiger partial charge on any atom is 0.228 e. The quantitative estimate of drug-likeness (QED) is 0.855. The van der Waals surface area contributed by atoms with Gasteiger partial charge in [-0.3, -0.25) is 4.98 Å². The van der Waals surface area contributed by atoms with Crippen LogP contribution >= 0.6 is 11.6 Å². The molecule has 2 aromatic rings. The Balaban J connectivity index is 1.92. The highest BCUT2D eigenvalue weighted by Gasteiger charge is 2.03. The van der Waals surface area contributed by atoms with Crippen LogP contribution in [0.2, 0.25) is 5.28 Å². The summed E-state index contributed by atoms with van der Waals surface area (Å²) in [7, 11) is 1.73. The van der Waals surface area contributed by atoms with Crippen LogP contribution in [0.15, 0.2) is 24.4 Å². The van der Waals surface area contributed by atoms with Gasteiger partial charge in [0.15, 0.2) is 0 Å². The highest BCUT2D eigenvalue weighted by Crippen LogP contribution is 2.08. The normalized spacial score (nSPS) is 10.1. The van der Waals surface area contributed by atoms with Crippen LogP contribution in [-0.2, 0) is 6.42 Å². The van der Waals surface area contributed by atoms with E-state index in [1.54, 1.807) is 13.2 Å². The molecule has 0 aromatic carbocycles. The Morgan fingerprint density at radius 1 is 1.17 bits per heavy atom. The van der Waals surface area contributed by atoms with Crippen molar-refractivity contribution >= 4 is 23.5 Å². The second-order valence-electron chi connectivity index (χ2n) is 3.50. The van der Waals surface area contributed by atoms with Crippen LogP contribution in [0.4, 0.5) is 11.9 Å². The standard InChI is InChI=1S/C11H13ClN6/c1-13-10-16-9(12)17-11(18-10)15-7-5-8-4-2-3-6-14-8/h2-4,6H,5,7H2,1H3,(H2,13,15,16,17,18). The Kier molecular flexibility index (Phi) is 4.25. The highest BCUT2D eigenvalue weighted by molar-refractivity contribution is 6.28. The number of halogens is 1. The molecule has 0 saturated carbocycles. The molecule has 0 spiro atoms. The topological polar surface area (TPSA) is 75.6 Å². The molecule has 0 bridgehead atoms. The van der Waals surface area contributed by atoms with Crippen LogP contribution < -0.4 is 10.6 Å². The van der Waals surface area contributed by atoms with Gasteiger partial charge < -0.3 is 10.6 Å². The van der Waals surface area contributed by atoms with Crippen molar-refractivity contribution in [3.63, 3.8) is 0 Å². The average molecular weight is 265 g/mol. The molecular weight excluding hydrogens is 252 g/mol. The van der Waals surface area contributed by atoms with Crippen LogP contribution in [0.5, 0.6) is 0 Å². The second-order valence-corrected chi connectivity index (χ2v) is 3.84. The molecule has 2 rings (SSSR count). The fraction of sp³-hybridized carbons (Fsp3) is 0.273. The van der Waals surface area contributed by atoms with E-state index in [-0.39, 0.29) is 5.28 Å². The molecule has 18 heavy (non-hydrogen) atoms. The van der Waals surface area contributed by atoms with Gasteiger partial charge in [-0.05, 0) is 23.7 Å². The predicted octanol–water partition coefficient (Wildman–Crippen LogP) is 1.62. The number of hydrogen-bond acceptors (Lipinski definition) is 6. The summed E-state index contributed by atoms with van der Waals surface area (Å²) in [6.07, 6.45) is 2.56. The molecule has 0 aliphatic rings. The lowest BCUT2D eigenvalue weighted by atomic mass is 10.3. The smallest absolute Gasteiger partial charge is 0.228 e. The van der Waals surface area contributed by atoms with E-state index in [0.29, 0.717) is 18.4 Å². The Bertz CT molecular complexity index is 504. The van der Waals surface area contributed by atoms with Crippen molar-refractivity contribution in [2.24, 2.45) is 0 Å². The lowest BCUT2D eigenvalue weighted by molar-refractivity contribution is 0.931. The third-order valence-electron chi connectivity index (χ3n) is 2.22. The van der Waals surface area contributed by atoms with E-state index in [1.165, 1.54) is 0 Å². The average Bonchev–Trinajstić information content (AvgIpc) is 2.39. The first-order valence-electron chi connectivity index (χ1n) is 5.51. The van der Waals surface area contributed by atoms with Crippen LogP contribution in [0.3, 0.4) is 0 Å². The third kappa shape index (κ3) is 3.53. The van der Waals surface area contributed by atoms with Gasteiger partial charge in [0, 0.05) is 31.9 Å². The Labute approximate surface area is 110 Å². The first-order valence-corrected chi connectivity index (χ1v) is 5.89. The molecule has 6 nitrogen and oxygen atoms in total. The summed E-state index contributed by atoms with van der Waals surface area (Å²) in [5.41, 5.74) is 1.01. The summed E-state index contributed by atoms with van der Waals surface area (Å²) in [4.78, 5) is 16.2. The van der Waals surface area contributed by atoms with E-state index < -0.39 is 0 Å². The van der Waals surface area contributed by atoms with Crippen molar-refractivity contribution in [1.82, 2.24) is 19.9 Å². The van der Waals surface area contributed by atoms with Gasteiger partial charge in [-0.2, -0.15) is 15.0 Å². The fourth-order valence-electron chi connectivity index (χ4n) is 1.39. The summed E-state index contributed by atoms with van der Waals surface area (Å²) in [5.74, 6) is 0.894. The predicted molar refractivity (Wildman–Crippen MR) is 70.8 cm³/mol. The molecule has 2 heterocycles. The maximum absolute atomic E-state index is 5.77. The van der Waals surface area contributed by atoms with Crippen molar-refractivity contribution in [2.45, 2.75) is 6.42 Å². The molecule has 0 aliphatic carbocycles. The summed E-state index contributed by atoms with van der Waals surface area (Å²) in [6.45, 7) is 0.681. The van der Waals surface area contributed by atoms with Crippen LogP contribution in [0.1, 0.15) is 5.69 Å². The summed E-state index contributed by atoms with van der Waals surface area (Å²) >= 11 is 5.77. The summed E-state index contributed by atoms with van der Waals surface area (Å²) in [5, 5.41) is 6.06. The monoisotopic (exact) mass is 264 g/mol. The molecule has 0 amide bonds. The number of pyridine rings is 1. The van der Waals surface area contributed by atoms with E-state index in [2.05, 4.69) is 30.6 Å². The van der Waals surface area contributed by atoms with Gasteiger partial charge in [0.2, 0.25) is 17.2 Å². The molecule has 7 heteroatoms. The molecule has 94 valence electrons. The van der Waals surface area contributed by atoms with Gasteiger partial charge in [0.25, 0.3) is 0 Å². The molecular formula is C11H13ClN6. The molecule has 0 saturated heterocycles. The number of nitrogens with one attached hydrogen (secondary N) is 2. The Hall–Kier alpha value is -1.95. The number of nitrogens with zero attached hydrogens (tertiary/aromatic N) is 4. The summed E-state index contributed by atoms with van der Waals surface area (Å²) < 4.78 is 0. The van der Waals surface area contributed by atoms with Gasteiger partial charge in [-0.1, -0.05) is 6.07 Å². The minimum atomic E-state index is 0.162. The van der Waals surface area contributed by atoms with E-state index in [1.807, 2.05) is 18.2 Å². The first-order chi connectivity index (χ1) is 8.78. The number of hydrogen-bond donors (Lipinski definition) is 2. The Morgan fingerprint density at radius 2 is 2.00 bits per heavy atom. The minimum absolute atomic E-state index is 0.162. The first kappa shape index (κ1) is 12.5. The molecule has 2 aromatic heterocycles. The van der Waals surface area contributed by atoms with Crippen LogP contribution in [-0.4, -0.2) is 33.5 Å². The van der Waals surface area contributed by atoms with Crippen molar-refractivity contribution in [3.05, 3.63) is 35.4 Å². The molecule has 0 aliphatic heterocycles.